The summed E-state index contributed by atoms with van der Waals surface area (Å²) in [6.45, 7) is 4.99. The van der Waals surface area contributed by atoms with Gasteiger partial charge in [0.1, 0.15) is 11.9 Å². The van der Waals surface area contributed by atoms with Crippen molar-refractivity contribution < 1.29 is 9.66 Å². The third-order valence-electron chi connectivity index (χ3n) is 4.09. The molecule has 2 aromatic carbocycles. The molecule has 0 saturated heterocycles. The van der Waals surface area contributed by atoms with Gasteiger partial charge in [-0.15, -0.1) is 0 Å². The highest BCUT2D eigenvalue weighted by molar-refractivity contribution is 5.37. The second-order valence-corrected chi connectivity index (χ2v) is 5.79. The minimum atomic E-state index is -0.400. The SMILES string of the molecule is CCCN1Cc2ccccc2C(Oc2ccc([N+](=O)[O-])cc2)C1. The fourth-order valence-electron chi connectivity index (χ4n) is 3.03. The Hall–Kier alpha value is -2.40. The minimum absolute atomic E-state index is 0.0482. The molecule has 0 amide bonds. The largest absolute Gasteiger partial charge is 0.484 e. The Labute approximate surface area is 135 Å². The predicted octanol–water partition coefficient (Wildman–Crippen LogP) is 3.94. The second kappa shape index (κ2) is 6.79. The van der Waals surface area contributed by atoms with Crippen LogP contribution in [0.15, 0.2) is 48.5 Å². The van der Waals surface area contributed by atoms with Crippen LogP contribution in [0.1, 0.15) is 30.6 Å². The van der Waals surface area contributed by atoms with Gasteiger partial charge >= 0.3 is 0 Å². The number of non-ortho nitro benzene ring substituents is 1. The topological polar surface area (TPSA) is 55.6 Å². The van der Waals surface area contributed by atoms with E-state index >= 15 is 0 Å². The van der Waals surface area contributed by atoms with E-state index in [0.717, 1.165) is 26.1 Å². The van der Waals surface area contributed by atoms with Gasteiger partial charge in [-0.05, 0) is 36.2 Å². The number of nitro benzene ring substituents is 1. The molecule has 0 aromatic heterocycles. The van der Waals surface area contributed by atoms with Gasteiger partial charge in [-0.1, -0.05) is 31.2 Å². The molecule has 0 radical (unpaired) electrons. The minimum Gasteiger partial charge on any atom is -0.484 e. The van der Waals surface area contributed by atoms with E-state index in [4.69, 9.17) is 4.74 Å². The molecule has 0 bridgehead atoms. The van der Waals surface area contributed by atoms with Crippen molar-refractivity contribution in [1.82, 2.24) is 4.90 Å². The Morgan fingerprint density at radius 1 is 1.22 bits per heavy atom. The van der Waals surface area contributed by atoms with Crippen LogP contribution < -0.4 is 4.74 Å². The summed E-state index contributed by atoms with van der Waals surface area (Å²) in [5, 5.41) is 10.7. The molecule has 1 heterocycles. The molecule has 0 aliphatic carbocycles. The summed E-state index contributed by atoms with van der Waals surface area (Å²) >= 11 is 0. The molecular formula is C18H20N2O3. The van der Waals surface area contributed by atoms with Gasteiger partial charge in [0.15, 0.2) is 0 Å². The molecule has 1 aliphatic heterocycles. The molecule has 5 nitrogen and oxygen atoms in total. The predicted molar refractivity (Wildman–Crippen MR) is 88.5 cm³/mol. The van der Waals surface area contributed by atoms with Crippen LogP contribution >= 0.6 is 0 Å². The van der Waals surface area contributed by atoms with Gasteiger partial charge in [0.2, 0.25) is 0 Å². The fourth-order valence-corrected chi connectivity index (χ4v) is 3.03. The first-order valence-electron chi connectivity index (χ1n) is 7.88. The van der Waals surface area contributed by atoms with E-state index in [0.29, 0.717) is 5.75 Å². The highest BCUT2D eigenvalue weighted by Gasteiger charge is 2.26. The normalized spacial score (nSPS) is 17.5. The number of nitrogens with zero attached hydrogens (tertiary/aromatic N) is 2. The Morgan fingerprint density at radius 2 is 1.96 bits per heavy atom. The Kier molecular flexibility index (Phi) is 4.57. The Bertz CT molecular complexity index is 685. The first-order chi connectivity index (χ1) is 11.2. The van der Waals surface area contributed by atoms with Gasteiger partial charge in [0.25, 0.3) is 5.69 Å². The summed E-state index contributed by atoms with van der Waals surface area (Å²) in [7, 11) is 0. The molecule has 1 aliphatic rings. The maximum absolute atomic E-state index is 10.7. The van der Waals surface area contributed by atoms with Gasteiger partial charge in [-0.25, -0.2) is 0 Å². The zero-order valence-electron chi connectivity index (χ0n) is 13.1. The van der Waals surface area contributed by atoms with Gasteiger partial charge in [0.05, 0.1) is 4.92 Å². The molecule has 1 unspecified atom stereocenters. The van der Waals surface area contributed by atoms with Crippen LogP contribution in [0.3, 0.4) is 0 Å². The van der Waals surface area contributed by atoms with E-state index in [9.17, 15) is 10.1 Å². The van der Waals surface area contributed by atoms with Gasteiger partial charge in [-0.2, -0.15) is 0 Å². The van der Waals surface area contributed by atoms with E-state index < -0.39 is 4.92 Å². The average molecular weight is 312 g/mol. The van der Waals surface area contributed by atoms with Crippen LogP contribution in [0, 0.1) is 10.1 Å². The van der Waals surface area contributed by atoms with Crippen molar-refractivity contribution in [1.29, 1.82) is 0 Å². The van der Waals surface area contributed by atoms with Crippen LogP contribution in [0.25, 0.3) is 0 Å². The van der Waals surface area contributed by atoms with E-state index in [-0.39, 0.29) is 11.8 Å². The van der Waals surface area contributed by atoms with Gasteiger partial charge < -0.3 is 4.74 Å². The third-order valence-corrected chi connectivity index (χ3v) is 4.09. The first-order valence-corrected chi connectivity index (χ1v) is 7.88. The molecule has 0 saturated carbocycles. The van der Waals surface area contributed by atoms with Crippen LogP contribution in [0.4, 0.5) is 5.69 Å². The van der Waals surface area contributed by atoms with Crippen LogP contribution in [0.5, 0.6) is 5.75 Å². The highest BCUT2D eigenvalue weighted by Crippen LogP contribution is 2.31. The number of nitro groups is 1. The van der Waals surface area contributed by atoms with E-state index in [1.165, 1.54) is 23.3 Å². The Morgan fingerprint density at radius 3 is 2.65 bits per heavy atom. The lowest BCUT2D eigenvalue weighted by molar-refractivity contribution is -0.384. The summed E-state index contributed by atoms with van der Waals surface area (Å²) in [6, 6.07) is 14.6. The fraction of sp³-hybridized carbons (Fsp3) is 0.333. The van der Waals surface area contributed by atoms with E-state index in [1.807, 2.05) is 6.07 Å². The number of ether oxygens (including phenoxy) is 1. The monoisotopic (exact) mass is 312 g/mol. The lowest BCUT2D eigenvalue weighted by atomic mass is 9.97. The number of hydrogen-bond acceptors (Lipinski definition) is 4. The number of hydrogen-bond donors (Lipinski definition) is 0. The lowest BCUT2D eigenvalue weighted by Crippen LogP contribution is -2.36. The zero-order valence-corrected chi connectivity index (χ0v) is 13.1. The molecule has 120 valence electrons. The number of rotatable bonds is 5. The molecule has 0 spiro atoms. The van der Waals surface area contributed by atoms with Crippen molar-refractivity contribution in [3.05, 3.63) is 69.8 Å². The molecule has 23 heavy (non-hydrogen) atoms. The van der Waals surface area contributed by atoms with Crippen molar-refractivity contribution in [2.24, 2.45) is 0 Å². The van der Waals surface area contributed by atoms with E-state index in [2.05, 4.69) is 30.0 Å². The summed E-state index contributed by atoms with van der Waals surface area (Å²) < 4.78 is 6.13. The van der Waals surface area contributed by atoms with Crippen LogP contribution in [-0.2, 0) is 6.54 Å². The standard InChI is InChI=1S/C18H20N2O3/c1-2-11-19-12-14-5-3-4-6-17(14)18(13-19)23-16-9-7-15(8-10-16)20(21)22/h3-10,18H,2,11-13H2,1H3. The summed E-state index contributed by atoms with van der Waals surface area (Å²) in [4.78, 5) is 12.7. The van der Waals surface area contributed by atoms with Crippen molar-refractivity contribution in [3.63, 3.8) is 0 Å². The van der Waals surface area contributed by atoms with Crippen molar-refractivity contribution in [3.8, 4) is 5.75 Å². The molecule has 1 atom stereocenters. The summed E-state index contributed by atoms with van der Waals surface area (Å²) in [5.41, 5.74) is 2.58. The second-order valence-electron chi connectivity index (χ2n) is 5.79. The van der Waals surface area contributed by atoms with Crippen LogP contribution in [-0.4, -0.2) is 22.9 Å². The summed E-state index contributed by atoms with van der Waals surface area (Å²) in [5.74, 6) is 0.661. The zero-order chi connectivity index (χ0) is 16.2. The molecule has 0 fully saturated rings. The van der Waals surface area contributed by atoms with E-state index in [1.54, 1.807) is 12.1 Å². The average Bonchev–Trinajstić information content (AvgIpc) is 2.56. The number of benzene rings is 2. The maximum atomic E-state index is 10.7. The quantitative estimate of drug-likeness (QED) is 0.620. The Balaban J connectivity index is 1.81. The first kappa shape index (κ1) is 15.5. The highest BCUT2D eigenvalue weighted by atomic mass is 16.6. The molecule has 5 heteroatoms. The lowest BCUT2D eigenvalue weighted by Gasteiger charge is -2.34. The smallest absolute Gasteiger partial charge is 0.269 e. The van der Waals surface area contributed by atoms with Crippen molar-refractivity contribution in [2.75, 3.05) is 13.1 Å². The molecule has 0 N–H and O–H groups in total. The summed E-state index contributed by atoms with van der Waals surface area (Å²) in [6.07, 6.45) is 1.06. The molecule has 2 aromatic rings. The van der Waals surface area contributed by atoms with Gasteiger partial charge in [0, 0.05) is 25.2 Å². The molecular weight excluding hydrogens is 292 g/mol. The third kappa shape index (κ3) is 3.51. The number of fused-ring (bicyclic) bond motifs is 1. The van der Waals surface area contributed by atoms with Gasteiger partial charge in [-0.3, -0.25) is 15.0 Å². The van der Waals surface area contributed by atoms with Crippen LogP contribution in [0.2, 0.25) is 0 Å². The molecule has 3 rings (SSSR count). The van der Waals surface area contributed by atoms with Crippen molar-refractivity contribution in [2.45, 2.75) is 26.0 Å². The maximum Gasteiger partial charge on any atom is 0.269 e. The van der Waals surface area contributed by atoms with Crippen molar-refractivity contribution >= 4 is 5.69 Å².